The molecule has 27 heavy (non-hydrogen) atoms. The molecule has 3 aromatic carbocycles. The summed E-state index contributed by atoms with van der Waals surface area (Å²) in [4.78, 5) is 9.70. The average Bonchev–Trinajstić information content (AvgIpc) is 2.63. The summed E-state index contributed by atoms with van der Waals surface area (Å²) in [6, 6.07) is 14.4. The van der Waals surface area contributed by atoms with Gasteiger partial charge < -0.3 is 10.5 Å². The van der Waals surface area contributed by atoms with Crippen molar-refractivity contribution in [3.05, 3.63) is 82.7 Å². The molecule has 0 saturated carbocycles. The summed E-state index contributed by atoms with van der Waals surface area (Å²) >= 11 is 0. The first-order valence-corrected chi connectivity index (χ1v) is 9.09. The number of sulfone groups is 1. The molecule has 7 nitrogen and oxygen atoms in total. The van der Waals surface area contributed by atoms with E-state index in [1.165, 1.54) is 12.1 Å². The van der Waals surface area contributed by atoms with E-state index in [0.29, 0.717) is 0 Å². The molecule has 0 radical (unpaired) electrons. The van der Waals surface area contributed by atoms with E-state index in [1.807, 2.05) is 0 Å². The number of nitrogens with two attached hydrogens (primary N) is 1. The Hall–Kier alpha value is -3.46. The van der Waals surface area contributed by atoms with E-state index in [-0.39, 0.29) is 22.1 Å². The highest BCUT2D eigenvalue weighted by molar-refractivity contribution is 7.91. The summed E-state index contributed by atoms with van der Waals surface area (Å²) in [7, 11) is -4.24. The lowest BCUT2D eigenvalue weighted by molar-refractivity contribution is -0.384. The topological polar surface area (TPSA) is 113 Å². The molecule has 0 aliphatic carbocycles. The Kier molecular flexibility index (Phi) is 4.78. The van der Waals surface area contributed by atoms with Crippen molar-refractivity contribution in [3.63, 3.8) is 0 Å². The number of nitro benzene ring substituents is 1. The molecule has 0 saturated heterocycles. The number of anilines is 1. The van der Waals surface area contributed by atoms with Crippen LogP contribution in [0.15, 0.2) is 76.5 Å². The van der Waals surface area contributed by atoms with Gasteiger partial charge in [-0.25, -0.2) is 12.8 Å². The highest BCUT2D eigenvalue weighted by Gasteiger charge is 2.27. The fourth-order valence-corrected chi connectivity index (χ4v) is 3.82. The van der Waals surface area contributed by atoms with Crippen LogP contribution in [0.25, 0.3) is 0 Å². The number of hydrogen-bond acceptors (Lipinski definition) is 6. The van der Waals surface area contributed by atoms with Crippen molar-refractivity contribution in [2.24, 2.45) is 0 Å². The number of halogens is 1. The number of rotatable bonds is 5. The summed E-state index contributed by atoms with van der Waals surface area (Å²) in [6.07, 6.45) is 0. The molecule has 0 unspecified atom stereocenters. The van der Waals surface area contributed by atoms with E-state index in [4.69, 9.17) is 10.5 Å². The van der Waals surface area contributed by atoms with Gasteiger partial charge >= 0.3 is 0 Å². The van der Waals surface area contributed by atoms with Crippen molar-refractivity contribution in [3.8, 4) is 11.5 Å². The molecule has 138 valence electrons. The first-order chi connectivity index (χ1) is 12.8. The molecule has 0 atom stereocenters. The van der Waals surface area contributed by atoms with Crippen molar-refractivity contribution >= 4 is 21.2 Å². The summed E-state index contributed by atoms with van der Waals surface area (Å²) in [6.45, 7) is 0. The number of hydrogen-bond donors (Lipinski definition) is 1. The molecule has 0 aliphatic heterocycles. The lowest BCUT2D eigenvalue weighted by atomic mass is 10.2. The van der Waals surface area contributed by atoms with Crippen LogP contribution in [0, 0.1) is 15.9 Å². The summed E-state index contributed by atoms with van der Waals surface area (Å²) in [5, 5.41) is 11.2. The molecule has 0 aliphatic rings. The van der Waals surface area contributed by atoms with Crippen LogP contribution in [0.4, 0.5) is 15.8 Å². The summed E-state index contributed by atoms with van der Waals surface area (Å²) < 4.78 is 45.0. The Morgan fingerprint density at radius 2 is 1.70 bits per heavy atom. The molecule has 0 heterocycles. The molecule has 0 bridgehead atoms. The second kappa shape index (κ2) is 7.04. The monoisotopic (exact) mass is 388 g/mol. The van der Waals surface area contributed by atoms with E-state index in [9.17, 15) is 22.9 Å². The van der Waals surface area contributed by atoms with E-state index in [0.717, 1.165) is 24.3 Å². The van der Waals surface area contributed by atoms with Crippen LogP contribution in [0.3, 0.4) is 0 Å². The van der Waals surface area contributed by atoms with E-state index in [2.05, 4.69) is 0 Å². The first-order valence-electron chi connectivity index (χ1n) is 7.60. The quantitative estimate of drug-likeness (QED) is 0.402. The minimum Gasteiger partial charge on any atom is -0.456 e. The third-order valence-electron chi connectivity index (χ3n) is 3.66. The minimum atomic E-state index is -4.24. The minimum absolute atomic E-state index is 0.271. The fourth-order valence-electron chi connectivity index (χ4n) is 2.39. The van der Waals surface area contributed by atoms with Gasteiger partial charge in [0.25, 0.3) is 5.69 Å². The molecule has 0 spiro atoms. The van der Waals surface area contributed by atoms with Crippen molar-refractivity contribution in [1.29, 1.82) is 0 Å². The van der Waals surface area contributed by atoms with Crippen molar-refractivity contribution in [2.75, 3.05) is 5.73 Å². The van der Waals surface area contributed by atoms with E-state index < -0.39 is 31.2 Å². The number of nitrogens with zero attached hydrogens (tertiary/aromatic N) is 1. The smallest absolute Gasteiger partial charge is 0.295 e. The van der Waals surface area contributed by atoms with Crippen LogP contribution in [0.1, 0.15) is 0 Å². The number of para-hydroxylation sites is 1. The van der Waals surface area contributed by atoms with Gasteiger partial charge in [-0.3, -0.25) is 10.1 Å². The van der Waals surface area contributed by atoms with Crippen LogP contribution in [-0.4, -0.2) is 13.3 Å². The van der Waals surface area contributed by atoms with E-state index >= 15 is 0 Å². The zero-order valence-electron chi connectivity index (χ0n) is 13.7. The predicted molar refractivity (Wildman–Crippen MR) is 95.9 cm³/mol. The Morgan fingerprint density at radius 1 is 1.00 bits per heavy atom. The SMILES string of the molecule is Nc1cc(S(=O)(=O)c2cccc(F)c2)c(Oc2ccccc2)cc1[N+](=O)[O-]. The third kappa shape index (κ3) is 3.72. The predicted octanol–water partition coefficient (Wildman–Crippen LogP) is 3.94. The zero-order valence-corrected chi connectivity index (χ0v) is 14.5. The van der Waals surface area contributed by atoms with Gasteiger partial charge in [0.2, 0.25) is 9.84 Å². The van der Waals surface area contributed by atoms with Crippen LogP contribution >= 0.6 is 0 Å². The summed E-state index contributed by atoms with van der Waals surface area (Å²) in [5.41, 5.74) is 4.80. The average molecular weight is 388 g/mol. The normalized spacial score (nSPS) is 11.1. The highest BCUT2D eigenvalue weighted by Crippen LogP contribution is 2.38. The standard InChI is InChI=1S/C18H13FN2O5S/c19-12-5-4-8-14(9-12)27(24,25)18-10-15(20)16(21(22)23)11-17(18)26-13-6-2-1-3-7-13/h1-11H,20H2. The van der Waals surface area contributed by atoms with Gasteiger partial charge in [0, 0.05) is 0 Å². The van der Waals surface area contributed by atoms with Gasteiger partial charge in [-0.1, -0.05) is 24.3 Å². The number of nitro groups is 1. The van der Waals surface area contributed by atoms with Gasteiger partial charge in [0.1, 0.15) is 22.1 Å². The van der Waals surface area contributed by atoms with Gasteiger partial charge in [-0.05, 0) is 36.4 Å². The lowest BCUT2D eigenvalue weighted by Crippen LogP contribution is -2.07. The van der Waals surface area contributed by atoms with Crippen molar-refractivity contribution in [1.82, 2.24) is 0 Å². The number of nitrogen functional groups attached to an aromatic ring is 1. The third-order valence-corrected chi connectivity index (χ3v) is 5.43. The first kappa shape index (κ1) is 18.3. The van der Waals surface area contributed by atoms with Gasteiger partial charge in [-0.15, -0.1) is 0 Å². The molecule has 0 aromatic heterocycles. The zero-order chi connectivity index (χ0) is 19.6. The molecule has 9 heteroatoms. The number of ether oxygens (including phenoxy) is 1. The lowest BCUT2D eigenvalue weighted by Gasteiger charge is -2.13. The maximum Gasteiger partial charge on any atom is 0.295 e. The number of benzene rings is 3. The second-order valence-electron chi connectivity index (χ2n) is 5.49. The van der Waals surface area contributed by atoms with E-state index in [1.54, 1.807) is 30.3 Å². The van der Waals surface area contributed by atoms with Gasteiger partial charge in [-0.2, -0.15) is 0 Å². The fraction of sp³-hybridized carbons (Fsp3) is 0. The molecular weight excluding hydrogens is 375 g/mol. The molecule has 0 amide bonds. The molecule has 3 aromatic rings. The maximum atomic E-state index is 13.5. The Balaban J connectivity index is 2.21. The molecule has 0 fully saturated rings. The Bertz CT molecular complexity index is 1120. The van der Waals surface area contributed by atoms with Gasteiger partial charge in [0.05, 0.1) is 15.9 Å². The Labute approximate surface area is 153 Å². The maximum absolute atomic E-state index is 13.5. The highest BCUT2D eigenvalue weighted by atomic mass is 32.2. The summed E-state index contributed by atoms with van der Waals surface area (Å²) in [5.74, 6) is -0.755. The second-order valence-corrected chi connectivity index (χ2v) is 7.41. The van der Waals surface area contributed by atoms with Crippen LogP contribution in [0.5, 0.6) is 11.5 Å². The van der Waals surface area contributed by atoms with Crippen molar-refractivity contribution < 1.29 is 22.5 Å². The van der Waals surface area contributed by atoms with Crippen LogP contribution in [-0.2, 0) is 9.84 Å². The van der Waals surface area contributed by atoms with Gasteiger partial charge in [0.15, 0.2) is 5.75 Å². The Morgan fingerprint density at radius 3 is 2.33 bits per heavy atom. The molecular formula is C18H13FN2O5S. The molecule has 3 rings (SSSR count). The van der Waals surface area contributed by atoms with Crippen LogP contribution < -0.4 is 10.5 Å². The van der Waals surface area contributed by atoms with Crippen LogP contribution in [0.2, 0.25) is 0 Å². The largest absolute Gasteiger partial charge is 0.456 e. The molecule has 2 N–H and O–H groups in total. The van der Waals surface area contributed by atoms with Crippen molar-refractivity contribution in [2.45, 2.75) is 9.79 Å².